The first-order chi connectivity index (χ1) is 15.2. The molecule has 1 aliphatic heterocycles. The van der Waals surface area contributed by atoms with E-state index in [-0.39, 0.29) is 11.9 Å². The molecule has 0 aliphatic carbocycles. The SMILES string of the molecule is COc1ccc(C2CCCCCN2C(=O)CSc2nncn2-c2cccc(Cl)c2)cc1. The van der Waals surface area contributed by atoms with Crippen molar-refractivity contribution in [3.63, 3.8) is 0 Å². The second kappa shape index (κ2) is 10.2. The molecule has 1 amide bonds. The number of carbonyl (C=O) groups excluding carboxylic acids is 1. The molecule has 1 aliphatic rings. The first-order valence-corrected chi connectivity index (χ1v) is 11.7. The smallest absolute Gasteiger partial charge is 0.233 e. The maximum absolute atomic E-state index is 13.3. The number of amides is 1. The Hall–Kier alpha value is -2.51. The van der Waals surface area contributed by atoms with E-state index >= 15 is 0 Å². The highest BCUT2D eigenvalue weighted by Crippen LogP contribution is 2.32. The fourth-order valence-corrected chi connectivity index (χ4v) is 4.91. The van der Waals surface area contributed by atoms with Crippen molar-refractivity contribution in [2.75, 3.05) is 19.4 Å². The summed E-state index contributed by atoms with van der Waals surface area (Å²) in [6, 6.07) is 15.7. The molecule has 2 heterocycles. The van der Waals surface area contributed by atoms with Gasteiger partial charge in [-0.3, -0.25) is 9.36 Å². The standard InChI is InChI=1S/C23H25ClN4O2S/c1-30-20-11-9-17(10-12-20)21-8-3-2-4-13-27(21)22(29)15-31-23-26-25-16-28(23)19-7-5-6-18(24)14-19/h5-7,9-12,14,16,21H,2-4,8,13,15H2,1H3. The van der Waals surface area contributed by atoms with Crippen molar-refractivity contribution in [2.45, 2.75) is 36.9 Å². The van der Waals surface area contributed by atoms with Gasteiger partial charge in [0.25, 0.3) is 0 Å². The number of thioether (sulfide) groups is 1. The third-order valence-corrected chi connectivity index (χ3v) is 6.66. The summed E-state index contributed by atoms with van der Waals surface area (Å²) >= 11 is 7.52. The minimum Gasteiger partial charge on any atom is -0.497 e. The first-order valence-electron chi connectivity index (χ1n) is 10.4. The van der Waals surface area contributed by atoms with Crippen molar-refractivity contribution < 1.29 is 9.53 Å². The van der Waals surface area contributed by atoms with Crippen molar-refractivity contribution in [2.24, 2.45) is 0 Å². The molecule has 162 valence electrons. The molecule has 0 bridgehead atoms. The average Bonchev–Trinajstić information content (AvgIpc) is 3.13. The molecule has 1 atom stereocenters. The van der Waals surface area contributed by atoms with E-state index < -0.39 is 0 Å². The van der Waals surface area contributed by atoms with E-state index in [4.69, 9.17) is 16.3 Å². The molecule has 0 N–H and O–H groups in total. The Morgan fingerprint density at radius 1 is 1.19 bits per heavy atom. The number of benzene rings is 2. The van der Waals surface area contributed by atoms with Gasteiger partial charge in [0.1, 0.15) is 12.1 Å². The second-order valence-corrected chi connectivity index (χ2v) is 8.86. The summed E-state index contributed by atoms with van der Waals surface area (Å²) in [4.78, 5) is 15.3. The molecule has 1 saturated heterocycles. The Labute approximate surface area is 191 Å². The lowest BCUT2D eigenvalue weighted by molar-refractivity contribution is -0.130. The van der Waals surface area contributed by atoms with Gasteiger partial charge in [-0.25, -0.2) is 0 Å². The number of hydrogen-bond donors (Lipinski definition) is 0. The van der Waals surface area contributed by atoms with Gasteiger partial charge in [-0.1, -0.05) is 54.4 Å². The Morgan fingerprint density at radius 3 is 2.81 bits per heavy atom. The summed E-state index contributed by atoms with van der Waals surface area (Å²) in [6.45, 7) is 0.775. The van der Waals surface area contributed by atoms with Crippen LogP contribution < -0.4 is 4.74 Å². The Kier molecular flexibility index (Phi) is 7.14. The van der Waals surface area contributed by atoms with Gasteiger partial charge in [-0.2, -0.15) is 0 Å². The number of carbonyl (C=O) groups is 1. The summed E-state index contributed by atoms with van der Waals surface area (Å²) in [5.74, 6) is 1.26. The van der Waals surface area contributed by atoms with Crippen LogP contribution in [0.25, 0.3) is 5.69 Å². The van der Waals surface area contributed by atoms with E-state index in [1.54, 1.807) is 13.4 Å². The molecule has 6 nitrogen and oxygen atoms in total. The summed E-state index contributed by atoms with van der Waals surface area (Å²) in [5, 5.41) is 9.54. The number of nitrogens with zero attached hydrogens (tertiary/aromatic N) is 4. The predicted molar refractivity (Wildman–Crippen MR) is 123 cm³/mol. The summed E-state index contributed by atoms with van der Waals surface area (Å²) < 4.78 is 7.14. The molecule has 3 aromatic rings. The van der Waals surface area contributed by atoms with Crippen LogP contribution in [0.5, 0.6) is 5.75 Å². The van der Waals surface area contributed by atoms with Crippen molar-refractivity contribution in [1.82, 2.24) is 19.7 Å². The maximum atomic E-state index is 13.3. The van der Waals surface area contributed by atoms with Gasteiger partial charge in [0, 0.05) is 11.6 Å². The predicted octanol–water partition coefficient (Wildman–Crippen LogP) is 5.17. The van der Waals surface area contributed by atoms with Gasteiger partial charge in [-0.05, 0) is 48.7 Å². The lowest BCUT2D eigenvalue weighted by Gasteiger charge is -2.30. The van der Waals surface area contributed by atoms with E-state index in [0.717, 1.165) is 49.2 Å². The molecule has 1 aromatic heterocycles. The highest BCUT2D eigenvalue weighted by molar-refractivity contribution is 7.99. The monoisotopic (exact) mass is 456 g/mol. The van der Waals surface area contributed by atoms with Crippen LogP contribution in [0.2, 0.25) is 5.02 Å². The topological polar surface area (TPSA) is 60.2 Å². The minimum atomic E-state index is 0.0901. The zero-order valence-electron chi connectivity index (χ0n) is 17.4. The van der Waals surface area contributed by atoms with Crippen molar-refractivity contribution in [1.29, 1.82) is 0 Å². The number of aromatic nitrogens is 3. The zero-order valence-corrected chi connectivity index (χ0v) is 19.0. The van der Waals surface area contributed by atoms with Crippen LogP contribution in [0.15, 0.2) is 60.0 Å². The van der Waals surface area contributed by atoms with Gasteiger partial charge >= 0.3 is 0 Å². The summed E-state index contributed by atoms with van der Waals surface area (Å²) in [5.41, 5.74) is 2.03. The van der Waals surface area contributed by atoms with Gasteiger partial charge in [0.05, 0.1) is 24.6 Å². The van der Waals surface area contributed by atoms with E-state index in [2.05, 4.69) is 22.3 Å². The van der Waals surface area contributed by atoms with E-state index in [1.165, 1.54) is 11.8 Å². The number of methoxy groups -OCH3 is 1. The van der Waals surface area contributed by atoms with E-state index in [0.29, 0.717) is 15.9 Å². The molecular weight excluding hydrogens is 432 g/mol. The number of halogens is 1. The molecule has 0 radical (unpaired) electrons. The molecular formula is C23H25ClN4O2S. The van der Waals surface area contributed by atoms with Crippen molar-refractivity contribution >= 4 is 29.3 Å². The van der Waals surface area contributed by atoms with Gasteiger partial charge in [-0.15, -0.1) is 10.2 Å². The third kappa shape index (κ3) is 5.22. The Balaban J connectivity index is 1.48. The van der Waals surface area contributed by atoms with Crippen LogP contribution in [-0.4, -0.2) is 45.0 Å². The quantitative estimate of drug-likeness (QED) is 0.479. The molecule has 4 rings (SSSR count). The molecule has 31 heavy (non-hydrogen) atoms. The van der Waals surface area contributed by atoms with Crippen LogP contribution >= 0.6 is 23.4 Å². The number of rotatable bonds is 6. The molecule has 1 fully saturated rings. The fourth-order valence-electron chi connectivity index (χ4n) is 3.91. The van der Waals surface area contributed by atoms with Crippen LogP contribution in [0.1, 0.15) is 37.3 Å². The van der Waals surface area contributed by atoms with Crippen molar-refractivity contribution in [3.8, 4) is 11.4 Å². The molecule has 0 spiro atoms. The summed E-state index contributed by atoms with van der Waals surface area (Å²) in [7, 11) is 1.66. The van der Waals surface area contributed by atoms with Gasteiger partial charge in [0.15, 0.2) is 5.16 Å². The van der Waals surface area contributed by atoms with Gasteiger partial charge < -0.3 is 9.64 Å². The number of likely N-dealkylation sites (tertiary alicyclic amines) is 1. The number of hydrogen-bond acceptors (Lipinski definition) is 5. The van der Waals surface area contributed by atoms with Crippen LogP contribution in [0, 0.1) is 0 Å². The minimum absolute atomic E-state index is 0.0901. The first kappa shape index (κ1) is 21.7. The highest BCUT2D eigenvalue weighted by atomic mass is 35.5. The fraction of sp³-hybridized carbons (Fsp3) is 0.348. The Bertz CT molecular complexity index is 1020. The lowest BCUT2D eigenvalue weighted by atomic mass is 10.0. The molecule has 1 unspecified atom stereocenters. The van der Waals surface area contributed by atoms with Crippen LogP contribution in [0.3, 0.4) is 0 Å². The number of ether oxygens (including phenoxy) is 1. The van der Waals surface area contributed by atoms with E-state index in [9.17, 15) is 4.79 Å². The average molecular weight is 457 g/mol. The van der Waals surface area contributed by atoms with Gasteiger partial charge in [0.2, 0.25) is 5.91 Å². The molecule has 2 aromatic carbocycles. The van der Waals surface area contributed by atoms with Crippen LogP contribution in [-0.2, 0) is 4.79 Å². The largest absolute Gasteiger partial charge is 0.497 e. The third-order valence-electron chi connectivity index (χ3n) is 5.50. The second-order valence-electron chi connectivity index (χ2n) is 7.48. The normalized spacial score (nSPS) is 16.7. The maximum Gasteiger partial charge on any atom is 0.233 e. The van der Waals surface area contributed by atoms with Crippen molar-refractivity contribution in [3.05, 3.63) is 65.4 Å². The lowest BCUT2D eigenvalue weighted by Crippen LogP contribution is -2.36. The van der Waals surface area contributed by atoms with Crippen LogP contribution in [0.4, 0.5) is 0 Å². The van der Waals surface area contributed by atoms with E-state index in [1.807, 2.05) is 45.9 Å². The highest BCUT2D eigenvalue weighted by Gasteiger charge is 2.27. The zero-order chi connectivity index (χ0) is 21.6. The molecule has 0 saturated carbocycles. The summed E-state index contributed by atoms with van der Waals surface area (Å²) in [6.07, 6.45) is 5.91. The molecule has 8 heteroatoms. The Morgan fingerprint density at radius 2 is 2.03 bits per heavy atom.